The highest BCUT2D eigenvalue weighted by molar-refractivity contribution is 7.85. The monoisotopic (exact) mass is 707 g/mol. The van der Waals surface area contributed by atoms with Crippen molar-refractivity contribution in [2.45, 2.75) is 5.41 Å². The molecule has 2 atom stereocenters. The molecule has 0 N–H and O–H groups in total. The molecule has 1 aromatic heterocycles. The lowest BCUT2D eigenvalue weighted by atomic mass is 9.63. The Labute approximate surface area is 314 Å². The van der Waals surface area contributed by atoms with Crippen molar-refractivity contribution in [1.29, 1.82) is 0 Å². The third kappa shape index (κ3) is 4.15. The van der Waals surface area contributed by atoms with Crippen LogP contribution >= 0.6 is 7.14 Å². The molecule has 0 amide bonds. The molecular formula is C51H34NOP. The third-order valence-corrected chi connectivity index (χ3v) is 14.8. The maximum atomic E-state index is 16.3. The normalized spacial score (nSPS) is 16.1. The van der Waals surface area contributed by atoms with Gasteiger partial charge in [0.25, 0.3) is 0 Å². The van der Waals surface area contributed by atoms with Crippen LogP contribution in [0.2, 0.25) is 0 Å². The fraction of sp³-hybridized carbons (Fsp3) is 0.0196. The molecular weight excluding hydrogens is 674 g/mol. The Bertz CT molecular complexity index is 3130. The van der Waals surface area contributed by atoms with Gasteiger partial charge in [0.15, 0.2) is 7.14 Å². The van der Waals surface area contributed by atoms with E-state index in [1.807, 2.05) is 30.3 Å². The summed E-state index contributed by atoms with van der Waals surface area (Å²) in [6, 6.07) is 73.2. The van der Waals surface area contributed by atoms with Crippen molar-refractivity contribution < 1.29 is 4.57 Å². The Morgan fingerprint density at radius 2 is 0.963 bits per heavy atom. The summed E-state index contributed by atoms with van der Waals surface area (Å²) in [6.07, 6.45) is 0. The Hall–Kier alpha value is -6.47. The summed E-state index contributed by atoms with van der Waals surface area (Å²) in [6.45, 7) is 0. The lowest BCUT2D eigenvalue weighted by Crippen LogP contribution is -2.35. The van der Waals surface area contributed by atoms with E-state index >= 15 is 4.57 Å². The Kier molecular flexibility index (Phi) is 6.78. The predicted molar refractivity (Wildman–Crippen MR) is 227 cm³/mol. The molecule has 2 heterocycles. The molecule has 2 nitrogen and oxygen atoms in total. The highest BCUT2D eigenvalue weighted by atomic mass is 31.2. The van der Waals surface area contributed by atoms with Crippen LogP contribution in [0.4, 0.5) is 0 Å². The summed E-state index contributed by atoms with van der Waals surface area (Å²) >= 11 is 0. The van der Waals surface area contributed by atoms with Crippen molar-refractivity contribution in [3.05, 3.63) is 229 Å². The number of rotatable bonds is 5. The molecule has 1 aliphatic heterocycles. The average molecular weight is 708 g/mol. The van der Waals surface area contributed by atoms with Crippen molar-refractivity contribution in [3.63, 3.8) is 0 Å². The third-order valence-electron chi connectivity index (χ3n) is 11.7. The second kappa shape index (κ2) is 11.8. The van der Waals surface area contributed by atoms with Crippen molar-refractivity contribution in [1.82, 2.24) is 4.57 Å². The fourth-order valence-electron chi connectivity index (χ4n) is 9.46. The molecule has 0 fully saturated rings. The van der Waals surface area contributed by atoms with Gasteiger partial charge in [-0.15, -0.1) is 0 Å². The number of fused-ring (bicyclic) bond motifs is 8. The molecule has 2 unspecified atom stereocenters. The van der Waals surface area contributed by atoms with E-state index in [0.29, 0.717) is 0 Å². The molecule has 0 saturated heterocycles. The maximum Gasteiger partial charge on any atom is 0.171 e. The summed E-state index contributed by atoms with van der Waals surface area (Å²) in [7, 11) is -3.37. The molecule has 54 heavy (non-hydrogen) atoms. The van der Waals surface area contributed by atoms with Gasteiger partial charge in [-0.05, 0) is 62.0 Å². The van der Waals surface area contributed by atoms with E-state index in [0.717, 1.165) is 37.6 Å². The first kappa shape index (κ1) is 31.1. The number of hydrogen-bond acceptors (Lipinski definition) is 1. The molecule has 0 saturated carbocycles. The highest BCUT2D eigenvalue weighted by Gasteiger charge is 2.45. The summed E-state index contributed by atoms with van der Waals surface area (Å²) < 4.78 is 18.8. The van der Waals surface area contributed by atoms with Crippen LogP contribution in [0, 0.1) is 0 Å². The standard InChI is InChI=1S/C51H34NOP/c53-54(38-19-5-2-6-20-38,49-34-35-16-7-8-21-40(35)41-22-9-10-24-43(41)49)39-32-30-37(31-33-39)51(36-17-3-1-4-18-36)45-26-12-14-29-48(45)52-47-28-13-11-23-42(47)44-25-15-27-46(51)50(44)52/h1-34H. The van der Waals surface area contributed by atoms with Gasteiger partial charge in [-0.1, -0.05) is 188 Å². The summed E-state index contributed by atoms with van der Waals surface area (Å²) in [4.78, 5) is 0. The molecule has 9 aromatic carbocycles. The molecule has 10 aromatic rings. The Morgan fingerprint density at radius 3 is 1.76 bits per heavy atom. The van der Waals surface area contributed by atoms with Gasteiger partial charge < -0.3 is 9.13 Å². The summed E-state index contributed by atoms with van der Waals surface area (Å²) in [5.74, 6) is 0. The fourth-order valence-corrected chi connectivity index (χ4v) is 12.3. The molecule has 1 aliphatic rings. The highest BCUT2D eigenvalue weighted by Crippen LogP contribution is 2.54. The van der Waals surface area contributed by atoms with Crippen LogP contribution in [0.15, 0.2) is 206 Å². The number of aromatic nitrogens is 1. The van der Waals surface area contributed by atoms with Crippen molar-refractivity contribution in [2.24, 2.45) is 0 Å². The van der Waals surface area contributed by atoms with Crippen molar-refractivity contribution in [3.8, 4) is 5.69 Å². The lowest BCUT2D eigenvalue weighted by Gasteiger charge is -2.41. The van der Waals surface area contributed by atoms with E-state index in [1.54, 1.807) is 0 Å². The van der Waals surface area contributed by atoms with Crippen LogP contribution in [-0.4, -0.2) is 4.57 Å². The number of benzene rings is 9. The lowest BCUT2D eigenvalue weighted by molar-refractivity contribution is 0.592. The van der Waals surface area contributed by atoms with Crippen LogP contribution < -0.4 is 15.9 Å². The van der Waals surface area contributed by atoms with Gasteiger partial charge in [0, 0.05) is 26.7 Å². The van der Waals surface area contributed by atoms with E-state index in [-0.39, 0.29) is 0 Å². The van der Waals surface area contributed by atoms with Gasteiger partial charge in [0.1, 0.15) is 0 Å². The zero-order valence-electron chi connectivity index (χ0n) is 29.4. The Balaban J connectivity index is 1.21. The quantitative estimate of drug-likeness (QED) is 0.129. The molecule has 254 valence electrons. The average Bonchev–Trinajstić information content (AvgIpc) is 3.59. The second-order valence-corrected chi connectivity index (χ2v) is 17.1. The van der Waals surface area contributed by atoms with E-state index in [9.17, 15) is 0 Å². The SMILES string of the molecule is O=P(c1ccccc1)(c1ccc(C2(c3ccccc3)c3ccccc3-n3c4ccccc4c4cccc2c43)cc1)c1cc2ccccc2c2ccccc12. The topological polar surface area (TPSA) is 22.0 Å². The minimum Gasteiger partial charge on any atom is -0.309 e. The van der Waals surface area contributed by atoms with Crippen LogP contribution in [0.5, 0.6) is 0 Å². The molecule has 11 rings (SSSR count). The van der Waals surface area contributed by atoms with E-state index in [1.165, 1.54) is 49.6 Å². The van der Waals surface area contributed by atoms with Crippen molar-refractivity contribution >= 4 is 66.4 Å². The minimum absolute atomic E-state index is 0.632. The van der Waals surface area contributed by atoms with Crippen LogP contribution in [0.1, 0.15) is 22.3 Å². The van der Waals surface area contributed by atoms with Gasteiger partial charge >= 0.3 is 0 Å². The molecule has 0 bridgehead atoms. The number of nitrogens with zero attached hydrogens (tertiary/aromatic N) is 1. The van der Waals surface area contributed by atoms with Gasteiger partial charge in [-0.25, -0.2) is 0 Å². The first-order chi connectivity index (χ1) is 26.7. The number of hydrogen-bond donors (Lipinski definition) is 0. The van der Waals surface area contributed by atoms with Gasteiger partial charge in [-0.2, -0.15) is 0 Å². The predicted octanol–water partition coefficient (Wildman–Crippen LogP) is 11.4. The zero-order chi connectivity index (χ0) is 35.9. The summed E-state index contributed by atoms with van der Waals surface area (Å²) in [5, 5.41) is 9.39. The van der Waals surface area contributed by atoms with Crippen LogP contribution in [0.25, 0.3) is 49.0 Å². The maximum absolute atomic E-state index is 16.3. The minimum atomic E-state index is -3.37. The van der Waals surface area contributed by atoms with Gasteiger partial charge in [0.05, 0.1) is 22.1 Å². The first-order valence-corrected chi connectivity index (χ1v) is 20.3. The largest absolute Gasteiger partial charge is 0.309 e. The second-order valence-electron chi connectivity index (χ2n) is 14.3. The Morgan fingerprint density at radius 1 is 0.407 bits per heavy atom. The molecule has 3 heteroatoms. The molecule has 0 radical (unpaired) electrons. The van der Waals surface area contributed by atoms with Gasteiger partial charge in [0.2, 0.25) is 0 Å². The van der Waals surface area contributed by atoms with Crippen LogP contribution in [0.3, 0.4) is 0 Å². The zero-order valence-corrected chi connectivity index (χ0v) is 30.3. The van der Waals surface area contributed by atoms with E-state index in [2.05, 4.69) is 180 Å². The number of para-hydroxylation sites is 3. The molecule has 0 aliphatic carbocycles. The molecule has 0 spiro atoms. The van der Waals surface area contributed by atoms with Crippen molar-refractivity contribution in [2.75, 3.05) is 0 Å². The van der Waals surface area contributed by atoms with E-state index < -0.39 is 12.6 Å². The van der Waals surface area contributed by atoms with Crippen LogP contribution in [-0.2, 0) is 9.98 Å². The summed E-state index contributed by atoms with van der Waals surface area (Å²) in [5.41, 5.74) is 7.76. The first-order valence-electron chi connectivity index (χ1n) is 18.5. The van der Waals surface area contributed by atoms with E-state index in [4.69, 9.17) is 0 Å². The van der Waals surface area contributed by atoms with Gasteiger partial charge in [-0.3, -0.25) is 0 Å². The smallest absolute Gasteiger partial charge is 0.171 e.